The minimum Gasteiger partial charge on any atom is -0.300 e. The van der Waals surface area contributed by atoms with Crippen molar-refractivity contribution in [2.45, 2.75) is 22.3 Å². The Morgan fingerprint density at radius 2 is 1.88 bits per heavy atom. The van der Waals surface area contributed by atoms with E-state index in [0.717, 1.165) is 24.5 Å². The normalized spacial score (nSPS) is 21.1. The van der Waals surface area contributed by atoms with E-state index in [1.165, 1.54) is 46.3 Å². The van der Waals surface area contributed by atoms with Gasteiger partial charge in [-0.1, -0.05) is 41.6 Å². The molecule has 2 aromatic carbocycles. The standard InChI is InChI=1S/C21H25ClN2S2/c1-25-13-12-23-8-10-24(11-9-23)19-14-16-4-2-3-5-20(16)26-21-7-6-17(22)15-18(19)21/h2-7,15,19H,8-14H2,1H3/t19-/m1/s1. The van der Waals surface area contributed by atoms with Crippen LogP contribution in [0, 0.1) is 0 Å². The van der Waals surface area contributed by atoms with E-state index < -0.39 is 0 Å². The molecule has 26 heavy (non-hydrogen) atoms. The average molecular weight is 405 g/mol. The molecule has 0 bridgehead atoms. The SMILES string of the molecule is CSCCN1CCN([C@@H]2Cc3ccccc3Sc3ccc(Cl)cc32)CC1. The van der Waals surface area contributed by atoms with Crippen molar-refractivity contribution in [3.05, 3.63) is 58.6 Å². The number of nitrogens with zero attached hydrogens (tertiary/aromatic N) is 2. The maximum atomic E-state index is 6.39. The van der Waals surface area contributed by atoms with Crippen molar-refractivity contribution in [3.63, 3.8) is 0 Å². The smallest absolute Gasteiger partial charge is 0.0410 e. The van der Waals surface area contributed by atoms with Crippen LogP contribution in [0.3, 0.4) is 0 Å². The van der Waals surface area contributed by atoms with Gasteiger partial charge < -0.3 is 0 Å². The molecule has 0 aromatic heterocycles. The van der Waals surface area contributed by atoms with Gasteiger partial charge in [0.25, 0.3) is 0 Å². The van der Waals surface area contributed by atoms with Gasteiger partial charge in [-0.15, -0.1) is 0 Å². The average Bonchev–Trinajstić information content (AvgIpc) is 2.83. The zero-order chi connectivity index (χ0) is 17.9. The minimum atomic E-state index is 0.419. The summed E-state index contributed by atoms with van der Waals surface area (Å²) < 4.78 is 0. The monoisotopic (exact) mass is 404 g/mol. The van der Waals surface area contributed by atoms with Gasteiger partial charge in [0, 0.05) is 59.3 Å². The van der Waals surface area contributed by atoms with E-state index in [1.807, 2.05) is 29.6 Å². The van der Waals surface area contributed by atoms with Gasteiger partial charge in [-0.25, -0.2) is 0 Å². The Hall–Kier alpha value is -0.650. The zero-order valence-electron chi connectivity index (χ0n) is 15.2. The molecule has 1 saturated heterocycles. The fourth-order valence-electron chi connectivity index (χ4n) is 3.93. The molecule has 0 saturated carbocycles. The topological polar surface area (TPSA) is 6.48 Å². The largest absolute Gasteiger partial charge is 0.300 e. The molecular formula is C21H25ClN2S2. The summed E-state index contributed by atoms with van der Waals surface area (Å²) in [6.45, 7) is 5.82. The molecule has 138 valence electrons. The number of hydrogen-bond acceptors (Lipinski definition) is 4. The van der Waals surface area contributed by atoms with E-state index in [2.05, 4.69) is 52.5 Å². The van der Waals surface area contributed by atoms with Crippen molar-refractivity contribution in [1.82, 2.24) is 9.80 Å². The second-order valence-electron chi connectivity index (χ2n) is 6.98. The lowest BCUT2D eigenvalue weighted by Gasteiger charge is -2.39. The van der Waals surface area contributed by atoms with Gasteiger partial charge in [0.15, 0.2) is 0 Å². The van der Waals surface area contributed by atoms with Crippen LogP contribution in [-0.4, -0.2) is 54.5 Å². The molecule has 5 heteroatoms. The van der Waals surface area contributed by atoms with Crippen molar-refractivity contribution in [2.24, 2.45) is 0 Å². The number of halogens is 1. The quantitative estimate of drug-likeness (QED) is 0.701. The number of thioether (sulfide) groups is 1. The number of rotatable bonds is 4. The molecule has 2 aliphatic heterocycles. The van der Waals surface area contributed by atoms with Gasteiger partial charge in [0.05, 0.1) is 0 Å². The molecule has 2 aromatic rings. The van der Waals surface area contributed by atoms with Gasteiger partial charge >= 0.3 is 0 Å². The molecule has 1 atom stereocenters. The first-order chi connectivity index (χ1) is 12.7. The van der Waals surface area contributed by atoms with E-state index in [-0.39, 0.29) is 0 Å². The number of piperazine rings is 1. The van der Waals surface area contributed by atoms with Gasteiger partial charge in [0.1, 0.15) is 0 Å². The molecule has 2 aliphatic rings. The van der Waals surface area contributed by atoms with Crippen molar-refractivity contribution in [3.8, 4) is 0 Å². The van der Waals surface area contributed by atoms with Crippen LogP contribution < -0.4 is 0 Å². The highest BCUT2D eigenvalue weighted by molar-refractivity contribution is 7.99. The van der Waals surface area contributed by atoms with Crippen molar-refractivity contribution < 1.29 is 0 Å². The lowest BCUT2D eigenvalue weighted by atomic mass is 9.96. The summed E-state index contributed by atoms with van der Waals surface area (Å²) in [6.07, 6.45) is 3.26. The number of hydrogen-bond donors (Lipinski definition) is 0. The molecule has 4 rings (SSSR count). The van der Waals surface area contributed by atoms with Crippen molar-refractivity contribution in [2.75, 3.05) is 44.7 Å². The third-order valence-corrected chi connectivity index (χ3v) is 7.43. The predicted octanol–water partition coefficient (Wildman–Crippen LogP) is 5.07. The van der Waals surface area contributed by atoms with Gasteiger partial charge in [-0.05, 0) is 48.1 Å². The van der Waals surface area contributed by atoms with Crippen molar-refractivity contribution >= 4 is 35.1 Å². The summed E-state index contributed by atoms with van der Waals surface area (Å²) in [7, 11) is 0. The lowest BCUT2D eigenvalue weighted by molar-refractivity contribution is 0.0984. The van der Waals surface area contributed by atoms with Gasteiger partial charge in [0.2, 0.25) is 0 Å². The number of benzene rings is 2. The van der Waals surface area contributed by atoms with Crippen LogP contribution in [0.4, 0.5) is 0 Å². The summed E-state index contributed by atoms with van der Waals surface area (Å²) >= 11 is 10.2. The second kappa shape index (κ2) is 8.57. The molecule has 0 radical (unpaired) electrons. The zero-order valence-corrected chi connectivity index (χ0v) is 17.5. The Kier molecular flexibility index (Phi) is 6.17. The van der Waals surface area contributed by atoms with Crippen LogP contribution in [-0.2, 0) is 6.42 Å². The van der Waals surface area contributed by atoms with E-state index >= 15 is 0 Å². The molecule has 2 nitrogen and oxygen atoms in total. The van der Waals surface area contributed by atoms with Crippen molar-refractivity contribution in [1.29, 1.82) is 0 Å². The number of fused-ring (bicyclic) bond motifs is 2. The molecule has 0 aliphatic carbocycles. The fraction of sp³-hybridized carbons (Fsp3) is 0.429. The van der Waals surface area contributed by atoms with E-state index in [1.54, 1.807) is 0 Å². The molecule has 0 unspecified atom stereocenters. The molecule has 1 fully saturated rings. The third-order valence-electron chi connectivity index (χ3n) is 5.40. The Bertz CT molecular complexity index is 759. The first-order valence-corrected chi connectivity index (χ1v) is 11.8. The first kappa shape index (κ1) is 18.7. The van der Waals surface area contributed by atoms with E-state index in [0.29, 0.717) is 6.04 Å². The maximum absolute atomic E-state index is 6.39. The lowest BCUT2D eigenvalue weighted by Crippen LogP contribution is -2.48. The minimum absolute atomic E-state index is 0.419. The molecule has 2 heterocycles. The maximum Gasteiger partial charge on any atom is 0.0410 e. The Morgan fingerprint density at radius 1 is 1.08 bits per heavy atom. The summed E-state index contributed by atoms with van der Waals surface area (Å²) in [4.78, 5) is 8.02. The fourth-order valence-corrected chi connectivity index (χ4v) is 5.66. The van der Waals surface area contributed by atoms with E-state index in [9.17, 15) is 0 Å². The molecule has 0 N–H and O–H groups in total. The summed E-state index contributed by atoms with van der Waals surface area (Å²) in [5, 5.41) is 0.846. The predicted molar refractivity (Wildman–Crippen MR) is 115 cm³/mol. The first-order valence-electron chi connectivity index (χ1n) is 9.25. The van der Waals surface area contributed by atoms with Crippen LogP contribution >= 0.6 is 35.1 Å². The van der Waals surface area contributed by atoms with E-state index in [4.69, 9.17) is 11.6 Å². The molecular weight excluding hydrogens is 380 g/mol. The van der Waals surface area contributed by atoms with Crippen LogP contribution in [0.25, 0.3) is 0 Å². The Balaban J connectivity index is 1.60. The highest BCUT2D eigenvalue weighted by Crippen LogP contribution is 2.43. The highest BCUT2D eigenvalue weighted by Gasteiger charge is 2.29. The molecule has 0 spiro atoms. The molecule has 0 amide bonds. The Labute approximate surface area is 170 Å². The summed E-state index contributed by atoms with van der Waals surface area (Å²) in [5.41, 5.74) is 2.86. The van der Waals surface area contributed by atoms with Crippen LogP contribution in [0.1, 0.15) is 17.2 Å². The van der Waals surface area contributed by atoms with Gasteiger partial charge in [-0.2, -0.15) is 11.8 Å². The summed E-state index contributed by atoms with van der Waals surface area (Å²) in [5.74, 6) is 1.23. The highest BCUT2D eigenvalue weighted by atomic mass is 35.5. The third kappa shape index (κ3) is 4.10. The summed E-state index contributed by atoms with van der Waals surface area (Å²) in [6, 6.07) is 15.7. The Morgan fingerprint density at radius 3 is 2.69 bits per heavy atom. The second-order valence-corrected chi connectivity index (χ2v) is 9.49. The van der Waals surface area contributed by atoms with Crippen LogP contribution in [0.2, 0.25) is 5.02 Å². The van der Waals surface area contributed by atoms with Gasteiger partial charge in [-0.3, -0.25) is 9.80 Å². The van der Waals surface area contributed by atoms with Crippen LogP contribution in [0.5, 0.6) is 0 Å². The van der Waals surface area contributed by atoms with Crippen LogP contribution in [0.15, 0.2) is 52.3 Å².